The van der Waals surface area contributed by atoms with Crippen LogP contribution >= 0.6 is 24.8 Å². The Labute approximate surface area is 174 Å². The number of piperidine rings is 1. The second-order valence-electron chi connectivity index (χ2n) is 6.58. The summed E-state index contributed by atoms with van der Waals surface area (Å²) in [6.45, 7) is 3.32. The molecule has 1 saturated heterocycles. The Bertz CT molecular complexity index is 972. The highest BCUT2D eigenvalue weighted by Crippen LogP contribution is 2.26. The molecule has 0 aliphatic carbocycles. The predicted molar refractivity (Wildman–Crippen MR) is 112 cm³/mol. The van der Waals surface area contributed by atoms with Gasteiger partial charge in [-0.05, 0) is 50.1 Å². The molecule has 9 heteroatoms. The standard InChI is InChI=1S/C19H20FN5O.2ClH/c1-12(26)15-5-4-13(9-17(15)20)16-11-22-25-8-6-18(24-19(16)25)23-14-3-2-7-21-10-14;;/h4-6,8-9,11,14,21H,2-3,7,10H2,1H3,(H,23,24);2*1H. The summed E-state index contributed by atoms with van der Waals surface area (Å²) in [7, 11) is 0. The fourth-order valence-electron chi connectivity index (χ4n) is 3.31. The van der Waals surface area contributed by atoms with Gasteiger partial charge in [-0.3, -0.25) is 4.79 Å². The van der Waals surface area contributed by atoms with Gasteiger partial charge in [0.15, 0.2) is 11.4 Å². The van der Waals surface area contributed by atoms with Crippen molar-refractivity contribution in [1.29, 1.82) is 0 Å². The van der Waals surface area contributed by atoms with Gasteiger partial charge in [0.1, 0.15) is 11.6 Å². The highest BCUT2D eigenvalue weighted by atomic mass is 35.5. The van der Waals surface area contributed by atoms with Gasteiger partial charge in [-0.25, -0.2) is 13.9 Å². The summed E-state index contributed by atoms with van der Waals surface area (Å²) in [6.07, 6.45) is 5.74. The van der Waals surface area contributed by atoms with Crippen LogP contribution in [0, 0.1) is 5.82 Å². The highest BCUT2D eigenvalue weighted by Gasteiger charge is 2.16. The number of hydrogen-bond donors (Lipinski definition) is 2. The lowest BCUT2D eigenvalue weighted by Gasteiger charge is -2.24. The van der Waals surface area contributed by atoms with Crippen LogP contribution in [0.5, 0.6) is 0 Å². The molecule has 150 valence electrons. The largest absolute Gasteiger partial charge is 0.366 e. The number of carbonyl (C=O) groups excluding carboxylic acids is 1. The fourth-order valence-corrected chi connectivity index (χ4v) is 3.31. The van der Waals surface area contributed by atoms with Crippen LogP contribution in [-0.2, 0) is 0 Å². The van der Waals surface area contributed by atoms with E-state index >= 15 is 0 Å². The number of halogens is 3. The van der Waals surface area contributed by atoms with E-state index in [0.717, 1.165) is 37.3 Å². The lowest BCUT2D eigenvalue weighted by molar-refractivity contribution is 0.101. The number of ketones is 1. The SMILES string of the molecule is CC(=O)c1ccc(-c2cnn3ccc(NC4CCCNC4)nc23)cc1F.Cl.Cl. The monoisotopic (exact) mass is 425 g/mol. The van der Waals surface area contributed by atoms with E-state index in [1.165, 1.54) is 19.1 Å². The van der Waals surface area contributed by atoms with E-state index in [9.17, 15) is 9.18 Å². The maximum absolute atomic E-state index is 14.2. The number of Topliss-reactive ketones (excluding diaryl/α,β-unsaturated/α-hetero) is 1. The van der Waals surface area contributed by atoms with Crippen molar-refractivity contribution in [1.82, 2.24) is 19.9 Å². The number of nitrogens with one attached hydrogen (secondary N) is 2. The van der Waals surface area contributed by atoms with Crippen LogP contribution in [0.1, 0.15) is 30.1 Å². The van der Waals surface area contributed by atoms with Crippen LogP contribution in [-0.4, -0.2) is 39.5 Å². The minimum absolute atomic E-state index is 0. The summed E-state index contributed by atoms with van der Waals surface area (Å²) in [5.41, 5.74) is 2.11. The van der Waals surface area contributed by atoms with Crippen molar-refractivity contribution in [3.63, 3.8) is 0 Å². The quantitative estimate of drug-likeness (QED) is 0.622. The van der Waals surface area contributed by atoms with Gasteiger partial charge in [0, 0.05) is 24.3 Å². The van der Waals surface area contributed by atoms with Gasteiger partial charge in [-0.1, -0.05) is 6.07 Å². The van der Waals surface area contributed by atoms with Crippen molar-refractivity contribution in [3.05, 3.63) is 48.0 Å². The number of nitrogens with zero attached hydrogens (tertiary/aromatic N) is 3. The van der Waals surface area contributed by atoms with E-state index in [-0.39, 0.29) is 36.2 Å². The number of carbonyl (C=O) groups is 1. The van der Waals surface area contributed by atoms with Gasteiger partial charge in [-0.2, -0.15) is 5.10 Å². The normalized spacial score (nSPS) is 16.1. The smallest absolute Gasteiger partial charge is 0.165 e. The second kappa shape index (κ2) is 9.32. The second-order valence-corrected chi connectivity index (χ2v) is 6.58. The molecule has 1 aliphatic heterocycles. The van der Waals surface area contributed by atoms with Crippen molar-refractivity contribution in [3.8, 4) is 11.1 Å². The Morgan fingerprint density at radius 1 is 1.32 bits per heavy atom. The third kappa shape index (κ3) is 4.43. The number of aromatic nitrogens is 3. The Morgan fingerprint density at radius 3 is 2.82 bits per heavy atom. The van der Waals surface area contributed by atoms with Crippen molar-refractivity contribution in [2.45, 2.75) is 25.8 Å². The number of anilines is 1. The average Bonchev–Trinajstić information content (AvgIpc) is 3.05. The lowest BCUT2D eigenvalue weighted by atomic mass is 10.0. The molecule has 1 aromatic carbocycles. The van der Waals surface area contributed by atoms with E-state index in [4.69, 9.17) is 0 Å². The maximum Gasteiger partial charge on any atom is 0.165 e. The Morgan fingerprint density at radius 2 is 2.14 bits per heavy atom. The lowest BCUT2D eigenvalue weighted by Crippen LogP contribution is -2.38. The summed E-state index contributed by atoms with van der Waals surface area (Å²) in [4.78, 5) is 16.1. The van der Waals surface area contributed by atoms with Crippen molar-refractivity contribution >= 4 is 42.1 Å². The van der Waals surface area contributed by atoms with Crippen molar-refractivity contribution in [2.24, 2.45) is 0 Å². The van der Waals surface area contributed by atoms with Crippen LogP contribution in [0.15, 0.2) is 36.7 Å². The van der Waals surface area contributed by atoms with E-state index < -0.39 is 5.82 Å². The molecule has 1 fully saturated rings. The topological polar surface area (TPSA) is 71.3 Å². The maximum atomic E-state index is 14.2. The molecule has 6 nitrogen and oxygen atoms in total. The van der Waals surface area contributed by atoms with E-state index in [1.54, 1.807) is 16.8 Å². The van der Waals surface area contributed by atoms with Crippen LogP contribution in [0.4, 0.5) is 10.2 Å². The fraction of sp³-hybridized carbons (Fsp3) is 0.316. The first-order chi connectivity index (χ1) is 12.6. The number of rotatable bonds is 4. The summed E-state index contributed by atoms with van der Waals surface area (Å²) >= 11 is 0. The van der Waals surface area contributed by atoms with Crippen LogP contribution in [0.25, 0.3) is 16.8 Å². The molecule has 3 aromatic rings. The third-order valence-electron chi connectivity index (χ3n) is 4.68. The van der Waals surface area contributed by atoms with E-state index in [0.29, 0.717) is 17.3 Å². The molecular formula is C19H22Cl2FN5O. The molecular weight excluding hydrogens is 404 g/mol. The first-order valence-corrected chi connectivity index (χ1v) is 8.74. The molecule has 2 aromatic heterocycles. The first kappa shape index (κ1) is 22.1. The van der Waals surface area contributed by atoms with Gasteiger partial charge < -0.3 is 10.6 Å². The molecule has 0 bridgehead atoms. The van der Waals surface area contributed by atoms with Gasteiger partial charge >= 0.3 is 0 Å². The first-order valence-electron chi connectivity index (χ1n) is 8.74. The van der Waals surface area contributed by atoms with Crippen LogP contribution < -0.4 is 10.6 Å². The Hall–Kier alpha value is -2.22. The summed E-state index contributed by atoms with van der Waals surface area (Å²) in [6, 6.07) is 6.83. The molecule has 28 heavy (non-hydrogen) atoms. The third-order valence-corrected chi connectivity index (χ3v) is 4.68. The average molecular weight is 426 g/mol. The molecule has 4 rings (SSSR count). The van der Waals surface area contributed by atoms with Crippen molar-refractivity contribution in [2.75, 3.05) is 18.4 Å². The van der Waals surface area contributed by atoms with Gasteiger partial charge in [0.25, 0.3) is 0 Å². The zero-order valence-corrected chi connectivity index (χ0v) is 16.9. The minimum Gasteiger partial charge on any atom is -0.366 e. The molecule has 1 aliphatic rings. The number of fused-ring (bicyclic) bond motifs is 1. The van der Waals surface area contributed by atoms with Crippen LogP contribution in [0.2, 0.25) is 0 Å². The van der Waals surface area contributed by atoms with E-state index in [1.807, 2.05) is 12.3 Å². The molecule has 2 N–H and O–H groups in total. The van der Waals surface area contributed by atoms with Crippen molar-refractivity contribution < 1.29 is 9.18 Å². The van der Waals surface area contributed by atoms with Gasteiger partial charge in [0.2, 0.25) is 0 Å². The zero-order valence-electron chi connectivity index (χ0n) is 15.3. The summed E-state index contributed by atoms with van der Waals surface area (Å²) in [5, 5.41) is 11.1. The molecule has 3 heterocycles. The Balaban J connectivity index is 0.00000140. The summed E-state index contributed by atoms with van der Waals surface area (Å²) < 4.78 is 15.9. The van der Waals surface area contributed by atoms with E-state index in [2.05, 4.69) is 20.7 Å². The molecule has 0 amide bonds. The zero-order chi connectivity index (χ0) is 18.1. The molecule has 0 radical (unpaired) electrons. The molecule has 1 atom stereocenters. The van der Waals surface area contributed by atoms with Crippen LogP contribution in [0.3, 0.4) is 0 Å². The Kier molecular flexibility index (Phi) is 7.35. The molecule has 0 saturated carbocycles. The predicted octanol–water partition coefficient (Wildman–Crippen LogP) is 3.75. The molecule has 0 spiro atoms. The van der Waals surface area contributed by atoms with Gasteiger partial charge in [0.05, 0.1) is 11.8 Å². The number of benzene rings is 1. The summed E-state index contributed by atoms with van der Waals surface area (Å²) in [5.74, 6) is -0.0506. The van der Waals surface area contributed by atoms with Gasteiger partial charge in [-0.15, -0.1) is 24.8 Å². The molecule has 1 unspecified atom stereocenters. The number of hydrogen-bond acceptors (Lipinski definition) is 5. The highest BCUT2D eigenvalue weighted by molar-refractivity contribution is 5.95. The minimum atomic E-state index is -0.531.